The van der Waals surface area contributed by atoms with Crippen molar-refractivity contribution in [2.45, 2.75) is 13.5 Å². The van der Waals surface area contributed by atoms with Gasteiger partial charge in [0.1, 0.15) is 0 Å². The van der Waals surface area contributed by atoms with Crippen molar-refractivity contribution >= 4 is 12.0 Å². The molecule has 0 unspecified atom stereocenters. The molecular weight excluding hydrogens is 334 g/mol. The van der Waals surface area contributed by atoms with E-state index in [-0.39, 0.29) is 0 Å². The third kappa shape index (κ3) is 5.66. The summed E-state index contributed by atoms with van der Waals surface area (Å²) in [5.41, 5.74) is 3.53. The lowest BCUT2D eigenvalue weighted by molar-refractivity contribution is 0.194. The Hall–Kier alpha value is -2.66. The molecule has 0 bridgehead atoms. The van der Waals surface area contributed by atoms with Crippen LogP contribution in [-0.2, 0) is 6.54 Å². The minimum atomic E-state index is 0.708. The summed E-state index contributed by atoms with van der Waals surface area (Å²) < 4.78 is 0. The van der Waals surface area contributed by atoms with Gasteiger partial charge in [-0.15, -0.1) is 0 Å². The lowest BCUT2D eigenvalue weighted by Gasteiger charge is -2.36. The monoisotopic (exact) mass is 363 g/mol. The maximum atomic E-state index is 4.45. The SMILES string of the molecule is CN=C(NCc1ncccc1C)N1CCN(CC=Cc2ccccc2)CC1. The lowest BCUT2D eigenvalue weighted by atomic mass is 10.2. The first-order chi connectivity index (χ1) is 13.3. The van der Waals surface area contributed by atoms with Crippen molar-refractivity contribution in [3.8, 4) is 0 Å². The first kappa shape index (κ1) is 19.1. The Kier molecular flexibility index (Phi) is 6.99. The van der Waals surface area contributed by atoms with Gasteiger partial charge >= 0.3 is 0 Å². The normalized spacial score (nSPS) is 16.1. The van der Waals surface area contributed by atoms with E-state index in [1.54, 1.807) is 0 Å². The summed E-state index contributed by atoms with van der Waals surface area (Å²) in [4.78, 5) is 13.7. The Bertz CT molecular complexity index is 761. The van der Waals surface area contributed by atoms with Crippen molar-refractivity contribution in [2.75, 3.05) is 39.8 Å². The number of pyridine rings is 1. The summed E-state index contributed by atoms with van der Waals surface area (Å²) in [6.07, 6.45) is 6.29. The van der Waals surface area contributed by atoms with E-state index in [0.717, 1.165) is 44.4 Å². The fraction of sp³-hybridized carbons (Fsp3) is 0.364. The Morgan fingerprint density at radius 1 is 1.11 bits per heavy atom. The van der Waals surface area contributed by atoms with Gasteiger partial charge in [0.15, 0.2) is 5.96 Å². The number of aliphatic imine (C=N–C) groups is 1. The summed E-state index contributed by atoms with van der Waals surface area (Å²) in [6.45, 7) is 7.85. The number of hydrogen-bond acceptors (Lipinski definition) is 3. The van der Waals surface area contributed by atoms with Gasteiger partial charge in [0.2, 0.25) is 0 Å². The number of aromatic nitrogens is 1. The summed E-state index contributed by atoms with van der Waals surface area (Å²) in [5.74, 6) is 0.958. The van der Waals surface area contributed by atoms with E-state index in [1.807, 2.05) is 25.4 Å². The van der Waals surface area contributed by atoms with Crippen LogP contribution in [0.3, 0.4) is 0 Å². The van der Waals surface area contributed by atoms with Gasteiger partial charge in [-0.1, -0.05) is 48.6 Å². The molecule has 0 aliphatic carbocycles. The topological polar surface area (TPSA) is 43.8 Å². The highest BCUT2D eigenvalue weighted by Gasteiger charge is 2.18. The molecule has 1 fully saturated rings. The quantitative estimate of drug-likeness (QED) is 0.655. The van der Waals surface area contributed by atoms with Gasteiger partial charge in [0.05, 0.1) is 12.2 Å². The van der Waals surface area contributed by atoms with Gasteiger partial charge < -0.3 is 10.2 Å². The molecule has 2 aromatic rings. The van der Waals surface area contributed by atoms with Crippen LogP contribution in [0.5, 0.6) is 0 Å². The molecule has 0 spiro atoms. The van der Waals surface area contributed by atoms with E-state index >= 15 is 0 Å². The zero-order valence-corrected chi connectivity index (χ0v) is 16.3. The second-order valence-electron chi connectivity index (χ2n) is 6.77. The third-order valence-electron chi connectivity index (χ3n) is 4.89. The highest BCUT2D eigenvalue weighted by molar-refractivity contribution is 5.80. The number of nitrogens with one attached hydrogen (secondary N) is 1. The molecule has 5 nitrogen and oxygen atoms in total. The van der Waals surface area contributed by atoms with E-state index in [4.69, 9.17) is 0 Å². The fourth-order valence-corrected chi connectivity index (χ4v) is 3.24. The molecule has 0 atom stereocenters. The van der Waals surface area contributed by atoms with Gasteiger partial charge in [0.25, 0.3) is 0 Å². The van der Waals surface area contributed by atoms with E-state index in [1.165, 1.54) is 11.1 Å². The molecule has 1 aliphatic rings. The second kappa shape index (κ2) is 9.88. The zero-order chi connectivity index (χ0) is 18.9. The third-order valence-corrected chi connectivity index (χ3v) is 4.89. The molecule has 1 aromatic carbocycles. The molecule has 1 N–H and O–H groups in total. The smallest absolute Gasteiger partial charge is 0.194 e. The molecule has 1 aliphatic heterocycles. The molecule has 2 heterocycles. The average molecular weight is 364 g/mol. The lowest BCUT2D eigenvalue weighted by Crippen LogP contribution is -2.52. The van der Waals surface area contributed by atoms with Crippen LogP contribution in [0.4, 0.5) is 0 Å². The number of benzene rings is 1. The van der Waals surface area contributed by atoms with Crippen molar-refractivity contribution in [2.24, 2.45) is 4.99 Å². The first-order valence-corrected chi connectivity index (χ1v) is 9.56. The summed E-state index contributed by atoms with van der Waals surface area (Å²) in [7, 11) is 1.85. The Morgan fingerprint density at radius 2 is 1.89 bits per heavy atom. The molecule has 1 aromatic heterocycles. The van der Waals surface area contributed by atoms with Crippen LogP contribution in [-0.4, -0.2) is 60.5 Å². The molecule has 3 rings (SSSR count). The fourth-order valence-electron chi connectivity index (χ4n) is 3.24. The van der Waals surface area contributed by atoms with Crippen molar-refractivity contribution in [3.63, 3.8) is 0 Å². The van der Waals surface area contributed by atoms with E-state index in [0.29, 0.717) is 6.54 Å². The number of aryl methyl sites for hydroxylation is 1. The van der Waals surface area contributed by atoms with Crippen LogP contribution >= 0.6 is 0 Å². The van der Waals surface area contributed by atoms with Crippen molar-refractivity contribution in [1.82, 2.24) is 20.1 Å². The minimum absolute atomic E-state index is 0.708. The maximum absolute atomic E-state index is 4.45. The summed E-state index contributed by atoms with van der Waals surface area (Å²) in [5, 5.41) is 3.46. The number of hydrogen-bond donors (Lipinski definition) is 1. The van der Waals surface area contributed by atoms with E-state index in [2.05, 4.69) is 74.5 Å². The number of rotatable bonds is 5. The highest BCUT2D eigenvalue weighted by Crippen LogP contribution is 2.06. The number of piperazine rings is 1. The van der Waals surface area contributed by atoms with Crippen molar-refractivity contribution in [3.05, 3.63) is 71.6 Å². The van der Waals surface area contributed by atoms with Crippen LogP contribution in [0, 0.1) is 6.92 Å². The van der Waals surface area contributed by atoms with Crippen LogP contribution < -0.4 is 5.32 Å². The van der Waals surface area contributed by atoms with Crippen LogP contribution in [0.15, 0.2) is 59.7 Å². The van der Waals surface area contributed by atoms with E-state index in [9.17, 15) is 0 Å². The van der Waals surface area contributed by atoms with Gasteiger partial charge in [-0.3, -0.25) is 14.9 Å². The molecule has 1 saturated heterocycles. The molecule has 0 amide bonds. The largest absolute Gasteiger partial charge is 0.351 e. The summed E-state index contributed by atoms with van der Waals surface area (Å²) >= 11 is 0. The Labute approximate surface area is 162 Å². The van der Waals surface area contributed by atoms with Gasteiger partial charge in [-0.05, 0) is 24.1 Å². The zero-order valence-electron chi connectivity index (χ0n) is 16.3. The van der Waals surface area contributed by atoms with Gasteiger partial charge in [0, 0.05) is 46.0 Å². The second-order valence-corrected chi connectivity index (χ2v) is 6.77. The first-order valence-electron chi connectivity index (χ1n) is 9.56. The Balaban J connectivity index is 1.44. The van der Waals surface area contributed by atoms with Crippen molar-refractivity contribution in [1.29, 1.82) is 0 Å². The van der Waals surface area contributed by atoms with Crippen LogP contribution in [0.1, 0.15) is 16.8 Å². The van der Waals surface area contributed by atoms with Gasteiger partial charge in [-0.25, -0.2) is 0 Å². The number of guanidine groups is 1. The highest BCUT2D eigenvalue weighted by atomic mass is 15.3. The molecule has 142 valence electrons. The summed E-state index contributed by atoms with van der Waals surface area (Å²) in [6, 6.07) is 14.5. The van der Waals surface area contributed by atoms with Crippen molar-refractivity contribution < 1.29 is 0 Å². The van der Waals surface area contributed by atoms with Crippen LogP contribution in [0.25, 0.3) is 6.08 Å². The van der Waals surface area contributed by atoms with Gasteiger partial charge in [-0.2, -0.15) is 0 Å². The standard InChI is InChI=1S/C22H29N5/c1-19-8-6-12-24-21(19)18-25-22(23-2)27-16-14-26(15-17-27)13-7-11-20-9-4-3-5-10-20/h3-12H,13-18H2,1-2H3,(H,23,25). The molecule has 27 heavy (non-hydrogen) atoms. The average Bonchev–Trinajstić information content (AvgIpc) is 2.71. The predicted molar refractivity (Wildman–Crippen MR) is 113 cm³/mol. The number of nitrogens with zero attached hydrogens (tertiary/aromatic N) is 4. The predicted octanol–water partition coefficient (Wildman–Crippen LogP) is 2.80. The molecular formula is C22H29N5. The molecule has 0 radical (unpaired) electrons. The molecule has 5 heteroatoms. The minimum Gasteiger partial charge on any atom is -0.351 e. The van der Waals surface area contributed by atoms with E-state index < -0.39 is 0 Å². The van der Waals surface area contributed by atoms with Crippen LogP contribution in [0.2, 0.25) is 0 Å². The molecule has 0 saturated carbocycles. The maximum Gasteiger partial charge on any atom is 0.194 e. The Morgan fingerprint density at radius 3 is 2.59 bits per heavy atom.